The van der Waals surface area contributed by atoms with Gasteiger partial charge in [-0.05, 0) is 32.5 Å². The number of amides is 1. The quantitative estimate of drug-likeness (QED) is 0.770. The Bertz CT molecular complexity index is 731. The lowest BCUT2D eigenvalue weighted by Gasteiger charge is -2.38. The van der Waals surface area contributed by atoms with E-state index in [4.69, 9.17) is 0 Å². The van der Waals surface area contributed by atoms with Gasteiger partial charge >= 0.3 is 0 Å². The number of aromatic nitrogens is 2. The van der Waals surface area contributed by atoms with Crippen molar-refractivity contribution in [1.29, 1.82) is 0 Å². The lowest BCUT2D eigenvalue weighted by Crippen LogP contribution is -2.52. The van der Waals surface area contributed by atoms with Gasteiger partial charge in [0.15, 0.2) is 0 Å². The van der Waals surface area contributed by atoms with Crippen LogP contribution in [0.15, 0.2) is 16.9 Å². The van der Waals surface area contributed by atoms with Crippen molar-refractivity contribution >= 4 is 5.91 Å². The van der Waals surface area contributed by atoms with Crippen LogP contribution in [-0.2, 0) is 16.8 Å². The summed E-state index contributed by atoms with van der Waals surface area (Å²) in [6.07, 6.45) is 2.13. The molecule has 1 amide bonds. The molecule has 3 rings (SSSR count). The van der Waals surface area contributed by atoms with Crippen LogP contribution < -0.4 is 5.56 Å². The number of hydrogen-bond acceptors (Lipinski definition) is 5. The van der Waals surface area contributed by atoms with Crippen LogP contribution in [0.3, 0.4) is 0 Å². The van der Waals surface area contributed by atoms with Gasteiger partial charge in [0.25, 0.3) is 5.56 Å². The van der Waals surface area contributed by atoms with E-state index in [1.165, 1.54) is 0 Å². The molecule has 0 aliphatic carbocycles. The Morgan fingerprint density at radius 3 is 2.46 bits per heavy atom. The summed E-state index contributed by atoms with van der Waals surface area (Å²) in [5.74, 6) is 0.482. The topological polar surface area (TPSA) is 61.7 Å². The van der Waals surface area contributed by atoms with Gasteiger partial charge in [-0.25, -0.2) is 4.68 Å². The van der Waals surface area contributed by atoms with E-state index in [2.05, 4.69) is 42.7 Å². The molecular formula is C21H35N5O2. The Balaban J connectivity index is 1.50. The monoisotopic (exact) mass is 389 g/mol. The minimum Gasteiger partial charge on any atom is -0.340 e. The highest BCUT2D eigenvalue weighted by atomic mass is 16.2. The molecule has 2 aliphatic rings. The molecule has 0 aromatic carbocycles. The molecule has 7 nitrogen and oxygen atoms in total. The van der Waals surface area contributed by atoms with Gasteiger partial charge < -0.3 is 9.80 Å². The Morgan fingerprint density at radius 1 is 1.11 bits per heavy atom. The zero-order valence-electron chi connectivity index (χ0n) is 17.9. The third-order valence-corrected chi connectivity index (χ3v) is 5.92. The Kier molecular flexibility index (Phi) is 6.55. The molecule has 1 atom stereocenters. The zero-order chi connectivity index (χ0) is 20.3. The minimum absolute atomic E-state index is 0.0526. The molecule has 2 aliphatic heterocycles. The third kappa shape index (κ3) is 5.20. The molecule has 0 radical (unpaired) electrons. The largest absolute Gasteiger partial charge is 0.340 e. The van der Waals surface area contributed by atoms with E-state index < -0.39 is 0 Å². The molecule has 2 fully saturated rings. The van der Waals surface area contributed by atoms with Crippen molar-refractivity contribution in [2.45, 2.75) is 45.6 Å². The first-order valence-corrected chi connectivity index (χ1v) is 10.5. The van der Waals surface area contributed by atoms with E-state index in [0.29, 0.717) is 12.5 Å². The van der Waals surface area contributed by atoms with Crippen LogP contribution in [0.1, 0.15) is 39.3 Å². The van der Waals surface area contributed by atoms with Crippen molar-refractivity contribution < 1.29 is 4.79 Å². The average molecular weight is 390 g/mol. The maximum atomic E-state index is 12.8. The molecule has 2 saturated heterocycles. The van der Waals surface area contributed by atoms with Gasteiger partial charge in [-0.1, -0.05) is 20.8 Å². The standard InChI is InChI=1S/C21H35N5O2/c1-21(2,3)18-7-8-19(27)26(22-18)15-12-24-10-13-25(14-11-24)20(28)17-6-5-9-23(4)16-17/h7-8,17H,5-6,9-16H2,1-4H3. The van der Waals surface area contributed by atoms with Crippen LogP contribution in [0.2, 0.25) is 0 Å². The van der Waals surface area contributed by atoms with Crippen LogP contribution in [0.4, 0.5) is 0 Å². The molecule has 0 N–H and O–H groups in total. The van der Waals surface area contributed by atoms with Gasteiger partial charge in [0.05, 0.1) is 18.2 Å². The zero-order valence-corrected chi connectivity index (χ0v) is 17.9. The summed E-state index contributed by atoms with van der Waals surface area (Å²) in [5, 5.41) is 4.55. The second-order valence-corrected chi connectivity index (χ2v) is 9.30. The molecule has 1 aromatic rings. The smallest absolute Gasteiger partial charge is 0.266 e. The maximum absolute atomic E-state index is 12.8. The molecule has 3 heterocycles. The SMILES string of the molecule is CN1CCCC(C(=O)N2CCN(CCn3nc(C(C)(C)C)ccc3=O)CC2)C1. The second kappa shape index (κ2) is 8.74. The van der Waals surface area contributed by atoms with E-state index in [1.54, 1.807) is 10.7 Å². The van der Waals surface area contributed by atoms with Gasteiger partial charge in [0.1, 0.15) is 0 Å². The highest BCUT2D eigenvalue weighted by molar-refractivity contribution is 5.79. The number of piperazine rings is 1. The number of carbonyl (C=O) groups is 1. The Morgan fingerprint density at radius 2 is 1.82 bits per heavy atom. The fraction of sp³-hybridized carbons (Fsp3) is 0.762. The predicted octanol–water partition coefficient (Wildman–Crippen LogP) is 1.03. The van der Waals surface area contributed by atoms with Crippen molar-refractivity contribution in [2.75, 3.05) is 52.9 Å². The van der Waals surface area contributed by atoms with Crippen molar-refractivity contribution in [3.05, 3.63) is 28.2 Å². The number of likely N-dealkylation sites (tertiary alicyclic amines) is 1. The summed E-state index contributed by atoms with van der Waals surface area (Å²) in [7, 11) is 2.10. The summed E-state index contributed by atoms with van der Waals surface area (Å²) in [4.78, 5) is 31.5. The Labute approximate surface area is 168 Å². The van der Waals surface area contributed by atoms with E-state index in [1.807, 2.05) is 11.0 Å². The molecule has 1 aromatic heterocycles. The van der Waals surface area contributed by atoms with Crippen LogP contribution in [0.5, 0.6) is 0 Å². The highest BCUT2D eigenvalue weighted by Crippen LogP contribution is 2.19. The molecule has 0 saturated carbocycles. The van der Waals surface area contributed by atoms with Gasteiger partial charge in [-0.2, -0.15) is 5.10 Å². The third-order valence-electron chi connectivity index (χ3n) is 5.92. The van der Waals surface area contributed by atoms with Gasteiger partial charge in [-0.3, -0.25) is 14.5 Å². The van der Waals surface area contributed by atoms with Gasteiger partial charge in [0.2, 0.25) is 5.91 Å². The van der Waals surface area contributed by atoms with E-state index >= 15 is 0 Å². The number of nitrogens with zero attached hydrogens (tertiary/aromatic N) is 5. The van der Waals surface area contributed by atoms with Crippen molar-refractivity contribution in [3.63, 3.8) is 0 Å². The van der Waals surface area contributed by atoms with E-state index in [0.717, 1.165) is 64.3 Å². The summed E-state index contributed by atoms with van der Waals surface area (Å²) in [6, 6.07) is 3.44. The molecular weight excluding hydrogens is 354 g/mol. The number of hydrogen-bond donors (Lipinski definition) is 0. The highest BCUT2D eigenvalue weighted by Gasteiger charge is 2.30. The van der Waals surface area contributed by atoms with Gasteiger partial charge in [0, 0.05) is 50.7 Å². The fourth-order valence-corrected chi connectivity index (χ4v) is 4.06. The maximum Gasteiger partial charge on any atom is 0.266 e. The number of piperidine rings is 1. The van der Waals surface area contributed by atoms with Crippen molar-refractivity contribution in [2.24, 2.45) is 5.92 Å². The fourth-order valence-electron chi connectivity index (χ4n) is 4.06. The summed E-state index contributed by atoms with van der Waals surface area (Å²) in [5.41, 5.74) is 0.803. The van der Waals surface area contributed by atoms with Crippen LogP contribution >= 0.6 is 0 Å². The predicted molar refractivity (Wildman–Crippen MR) is 110 cm³/mol. The van der Waals surface area contributed by atoms with Crippen LogP contribution in [-0.4, -0.2) is 83.2 Å². The Hall–Kier alpha value is -1.73. The average Bonchev–Trinajstić information content (AvgIpc) is 2.66. The molecule has 156 valence electrons. The number of carbonyl (C=O) groups excluding carboxylic acids is 1. The molecule has 0 bridgehead atoms. The van der Waals surface area contributed by atoms with Crippen LogP contribution in [0.25, 0.3) is 0 Å². The first-order valence-electron chi connectivity index (χ1n) is 10.5. The van der Waals surface area contributed by atoms with Gasteiger partial charge in [-0.15, -0.1) is 0 Å². The molecule has 0 spiro atoms. The molecule has 1 unspecified atom stereocenters. The minimum atomic E-state index is -0.0748. The van der Waals surface area contributed by atoms with E-state index in [-0.39, 0.29) is 16.9 Å². The summed E-state index contributed by atoms with van der Waals surface area (Å²) in [6.45, 7) is 13.0. The number of rotatable bonds is 4. The lowest BCUT2D eigenvalue weighted by molar-refractivity contribution is -0.139. The van der Waals surface area contributed by atoms with E-state index in [9.17, 15) is 9.59 Å². The van der Waals surface area contributed by atoms with Crippen molar-refractivity contribution in [3.8, 4) is 0 Å². The van der Waals surface area contributed by atoms with Crippen LogP contribution in [0, 0.1) is 5.92 Å². The normalized spacial score (nSPS) is 22.4. The molecule has 28 heavy (non-hydrogen) atoms. The molecule has 7 heteroatoms. The summed E-state index contributed by atoms with van der Waals surface area (Å²) < 4.78 is 1.58. The lowest BCUT2D eigenvalue weighted by atomic mass is 9.92. The second-order valence-electron chi connectivity index (χ2n) is 9.30. The first kappa shape index (κ1) is 21.0. The summed E-state index contributed by atoms with van der Waals surface area (Å²) >= 11 is 0. The first-order chi connectivity index (χ1) is 13.2. The van der Waals surface area contributed by atoms with Crippen molar-refractivity contribution in [1.82, 2.24) is 24.5 Å².